The fourth-order valence-corrected chi connectivity index (χ4v) is 3.01. The first-order valence-corrected chi connectivity index (χ1v) is 7.35. The first-order valence-electron chi connectivity index (χ1n) is 7.35. The molecule has 0 amide bonds. The number of anilines is 1. The Kier molecular flexibility index (Phi) is 5.56. The molecular formula is C18H22ClNO2. The highest BCUT2D eigenvalue weighted by molar-refractivity contribution is 5.85. The maximum absolute atomic E-state index is 5.46. The number of halogens is 1. The van der Waals surface area contributed by atoms with Crippen molar-refractivity contribution in [2.75, 3.05) is 19.5 Å². The molecule has 0 radical (unpaired) electrons. The molecule has 4 heteroatoms. The van der Waals surface area contributed by atoms with Gasteiger partial charge in [0.15, 0.2) is 0 Å². The summed E-state index contributed by atoms with van der Waals surface area (Å²) in [5, 5.41) is 3.61. The van der Waals surface area contributed by atoms with Gasteiger partial charge in [-0.2, -0.15) is 0 Å². The predicted octanol–water partition coefficient (Wildman–Crippen LogP) is 4.10. The average molecular weight is 320 g/mol. The Bertz CT molecular complexity index is 613. The highest BCUT2D eigenvalue weighted by Gasteiger charge is 2.20. The number of benzene rings is 2. The second-order valence-electron chi connectivity index (χ2n) is 5.41. The monoisotopic (exact) mass is 319 g/mol. The second kappa shape index (κ2) is 7.41. The van der Waals surface area contributed by atoms with Crippen LogP contribution in [-0.2, 0) is 12.8 Å². The van der Waals surface area contributed by atoms with Crippen LogP contribution in [0.1, 0.15) is 17.5 Å². The van der Waals surface area contributed by atoms with Crippen molar-refractivity contribution in [2.45, 2.75) is 25.3 Å². The van der Waals surface area contributed by atoms with E-state index in [4.69, 9.17) is 9.47 Å². The third-order valence-electron chi connectivity index (χ3n) is 4.12. The van der Waals surface area contributed by atoms with E-state index in [-0.39, 0.29) is 12.4 Å². The number of methoxy groups -OCH3 is 2. The third-order valence-corrected chi connectivity index (χ3v) is 4.12. The SMILES string of the molecule is COc1ccc(NC2CCc3c(cccc3OC)C2)cc1.Cl. The van der Waals surface area contributed by atoms with Crippen molar-refractivity contribution in [1.29, 1.82) is 0 Å². The number of ether oxygens (including phenoxy) is 2. The van der Waals surface area contributed by atoms with Crippen LogP contribution in [0.2, 0.25) is 0 Å². The van der Waals surface area contributed by atoms with Gasteiger partial charge in [-0.05, 0) is 60.7 Å². The van der Waals surface area contributed by atoms with Gasteiger partial charge in [0.25, 0.3) is 0 Å². The molecule has 1 unspecified atom stereocenters. The molecule has 0 saturated heterocycles. The Labute approximate surface area is 138 Å². The lowest BCUT2D eigenvalue weighted by atomic mass is 9.87. The van der Waals surface area contributed by atoms with E-state index < -0.39 is 0 Å². The van der Waals surface area contributed by atoms with E-state index in [2.05, 4.69) is 35.6 Å². The minimum atomic E-state index is 0. The van der Waals surface area contributed by atoms with Crippen molar-refractivity contribution in [1.82, 2.24) is 0 Å². The summed E-state index contributed by atoms with van der Waals surface area (Å²) < 4.78 is 10.6. The molecule has 0 aromatic heterocycles. The molecule has 0 aliphatic heterocycles. The molecule has 0 spiro atoms. The van der Waals surface area contributed by atoms with E-state index in [0.717, 1.165) is 36.4 Å². The fourth-order valence-electron chi connectivity index (χ4n) is 3.01. The van der Waals surface area contributed by atoms with Gasteiger partial charge >= 0.3 is 0 Å². The maximum atomic E-state index is 5.46. The van der Waals surface area contributed by atoms with Gasteiger partial charge in [0.1, 0.15) is 11.5 Å². The molecule has 2 aromatic rings. The van der Waals surface area contributed by atoms with Crippen LogP contribution in [0.4, 0.5) is 5.69 Å². The van der Waals surface area contributed by atoms with Crippen molar-refractivity contribution >= 4 is 18.1 Å². The van der Waals surface area contributed by atoms with Crippen molar-refractivity contribution in [3.8, 4) is 11.5 Å². The van der Waals surface area contributed by atoms with Gasteiger partial charge in [-0.15, -0.1) is 12.4 Å². The number of hydrogen-bond donors (Lipinski definition) is 1. The van der Waals surface area contributed by atoms with E-state index in [0.29, 0.717) is 6.04 Å². The van der Waals surface area contributed by atoms with Crippen molar-refractivity contribution in [2.24, 2.45) is 0 Å². The summed E-state index contributed by atoms with van der Waals surface area (Å²) in [7, 11) is 3.44. The maximum Gasteiger partial charge on any atom is 0.122 e. The van der Waals surface area contributed by atoms with Crippen LogP contribution in [0, 0.1) is 0 Å². The molecule has 1 aliphatic carbocycles. The summed E-state index contributed by atoms with van der Waals surface area (Å²) in [6.45, 7) is 0. The zero-order chi connectivity index (χ0) is 14.7. The van der Waals surface area contributed by atoms with Gasteiger partial charge in [0.05, 0.1) is 14.2 Å². The third kappa shape index (κ3) is 3.47. The second-order valence-corrected chi connectivity index (χ2v) is 5.41. The predicted molar refractivity (Wildman–Crippen MR) is 92.7 cm³/mol. The van der Waals surface area contributed by atoms with E-state index in [1.54, 1.807) is 14.2 Å². The molecule has 0 fully saturated rings. The summed E-state index contributed by atoms with van der Waals surface area (Å²) in [4.78, 5) is 0. The average Bonchev–Trinajstić information content (AvgIpc) is 2.54. The molecule has 0 bridgehead atoms. The zero-order valence-corrected chi connectivity index (χ0v) is 13.8. The lowest BCUT2D eigenvalue weighted by Crippen LogP contribution is -2.27. The molecule has 1 N–H and O–H groups in total. The summed E-state index contributed by atoms with van der Waals surface area (Å²) >= 11 is 0. The molecule has 2 aromatic carbocycles. The van der Waals surface area contributed by atoms with Crippen molar-refractivity contribution in [3.63, 3.8) is 0 Å². The van der Waals surface area contributed by atoms with Gasteiger partial charge in [-0.25, -0.2) is 0 Å². The quantitative estimate of drug-likeness (QED) is 0.920. The summed E-state index contributed by atoms with van der Waals surface area (Å²) in [5.41, 5.74) is 3.91. The first kappa shape index (κ1) is 16.5. The smallest absolute Gasteiger partial charge is 0.122 e. The largest absolute Gasteiger partial charge is 0.497 e. The normalized spacial score (nSPS) is 16.2. The molecule has 22 heavy (non-hydrogen) atoms. The van der Waals surface area contributed by atoms with Crippen LogP contribution in [0.5, 0.6) is 11.5 Å². The summed E-state index contributed by atoms with van der Waals surface area (Å²) in [5.74, 6) is 1.91. The first-order chi connectivity index (χ1) is 10.3. The Morgan fingerprint density at radius 1 is 1.00 bits per heavy atom. The van der Waals surface area contributed by atoms with Crippen LogP contribution < -0.4 is 14.8 Å². The van der Waals surface area contributed by atoms with Gasteiger partial charge in [-0.1, -0.05) is 12.1 Å². The summed E-state index contributed by atoms with van der Waals surface area (Å²) in [6, 6.07) is 14.9. The van der Waals surface area contributed by atoms with Crippen LogP contribution in [0.3, 0.4) is 0 Å². The highest BCUT2D eigenvalue weighted by Crippen LogP contribution is 2.30. The van der Waals surface area contributed by atoms with Crippen molar-refractivity contribution in [3.05, 3.63) is 53.6 Å². The lowest BCUT2D eigenvalue weighted by Gasteiger charge is -2.27. The number of fused-ring (bicyclic) bond motifs is 1. The molecule has 0 heterocycles. The van der Waals surface area contributed by atoms with Crippen LogP contribution in [0.15, 0.2) is 42.5 Å². The number of nitrogens with one attached hydrogen (secondary N) is 1. The van der Waals surface area contributed by atoms with Gasteiger partial charge in [-0.3, -0.25) is 0 Å². The Morgan fingerprint density at radius 3 is 2.45 bits per heavy atom. The van der Waals surface area contributed by atoms with Crippen LogP contribution in [0.25, 0.3) is 0 Å². The standard InChI is InChI=1S/C18H21NO2.ClH/c1-20-16-9-6-14(7-10-16)19-15-8-11-17-13(12-15)4-3-5-18(17)21-2;/h3-7,9-10,15,19H,8,11-12H2,1-2H3;1H. The number of rotatable bonds is 4. The van der Waals surface area contributed by atoms with Crippen LogP contribution >= 0.6 is 12.4 Å². The Morgan fingerprint density at radius 2 is 1.77 bits per heavy atom. The zero-order valence-electron chi connectivity index (χ0n) is 13.0. The molecule has 0 saturated carbocycles. The number of hydrogen-bond acceptors (Lipinski definition) is 3. The molecule has 1 atom stereocenters. The molecular weight excluding hydrogens is 298 g/mol. The highest BCUT2D eigenvalue weighted by atomic mass is 35.5. The van der Waals surface area contributed by atoms with Crippen LogP contribution in [-0.4, -0.2) is 20.3 Å². The van der Waals surface area contributed by atoms with E-state index >= 15 is 0 Å². The van der Waals surface area contributed by atoms with E-state index in [1.807, 2.05) is 12.1 Å². The van der Waals surface area contributed by atoms with Gasteiger partial charge in [0.2, 0.25) is 0 Å². The van der Waals surface area contributed by atoms with E-state index in [1.165, 1.54) is 11.1 Å². The van der Waals surface area contributed by atoms with Gasteiger partial charge in [0, 0.05) is 11.7 Å². The Hall–Kier alpha value is -1.87. The van der Waals surface area contributed by atoms with E-state index in [9.17, 15) is 0 Å². The fraction of sp³-hybridized carbons (Fsp3) is 0.333. The minimum absolute atomic E-state index is 0. The van der Waals surface area contributed by atoms with Gasteiger partial charge < -0.3 is 14.8 Å². The Balaban J connectivity index is 0.00000176. The summed E-state index contributed by atoms with van der Waals surface area (Å²) in [6.07, 6.45) is 3.23. The molecule has 3 rings (SSSR count). The topological polar surface area (TPSA) is 30.5 Å². The minimum Gasteiger partial charge on any atom is -0.497 e. The molecule has 3 nitrogen and oxygen atoms in total. The molecule has 118 valence electrons. The molecule has 1 aliphatic rings. The van der Waals surface area contributed by atoms with Crippen molar-refractivity contribution < 1.29 is 9.47 Å². The lowest BCUT2D eigenvalue weighted by molar-refractivity contribution is 0.405.